The van der Waals surface area contributed by atoms with Gasteiger partial charge in [-0.15, -0.1) is 5.10 Å². The Kier molecular flexibility index (Phi) is 4.31. The van der Waals surface area contributed by atoms with Crippen molar-refractivity contribution in [2.75, 3.05) is 18.5 Å². The molecule has 2 fully saturated rings. The van der Waals surface area contributed by atoms with Gasteiger partial charge in [0.2, 0.25) is 5.95 Å². The highest BCUT2D eigenvalue weighted by molar-refractivity contribution is 5.87. The van der Waals surface area contributed by atoms with Gasteiger partial charge in [-0.1, -0.05) is 0 Å². The van der Waals surface area contributed by atoms with Gasteiger partial charge >= 0.3 is 6.03 Å². The average Bonchev–Trinajstić information content (AvgIpc) is 2.92. The van der Waals surface area contributed by atoms with Crippen LogP contribution in [0.4, 0.5) is 10.7 Å². The minimum atomic E-state index is -0.245. The molecule has 1 aromatic rings. The number of carbonyl (C=O) groups excluding carboxylic acids is 1. The fourth-order valence-corrected chi connectivity index (χ4v) is 3.25. The van der Waals surface area contributed by atoms with Gasteiger partial charge in [-0.05, 0) is 58.8 Å². The quantitative estimate of drug-likeness (QED) is 0.896. The highest BCUT2D eigenvalue weighted by Crippen LogP contribution is 2.43. The number of hydrogen-bond acceptors (Lipinski definition) is 4. The number of carbonyl (C=O) groups is 1. The van der Waals surface area contributed by atoms with Gasteiger partial charge in [0.05, 0.1) is 11.1 Å². The van der Waals surface area contributed by atoms with Crippen LogP contribution in [0.3, 0.4) is 0 Å². The Labute approximate surface area is 137 Å². The maximum absolute atomic E-state index is 12.0. The van der Waals surface area contributed by atoms with Crippen molar-refractivity contribution in [1.82, 2.24) is 20.1 Å². The average molecular weight is 321 g/mol. The van der Waals surface area contributed by atoms with Gasteiger partial charge in [0, 0.05) is 13.2 Å². The molecule has 2 heterocycles. The lowest BCUT2D eigenvalue weighted by Crippen LogP contribution is -2.48. The highest BCUT2D eigenvalue weighted by Gasteiger charge is 2.42. The first-order chi connectivity index (χ1) is 10.9. The first kappa shape index (κ1) is 16.2. The number of amides is 2. The third kappa shape index (κ3) is 3.83. The molecule has 3 rings (SSSR count). The Balaban J connectivity index is 1.45. The van der Waals surface area contributed by atoms with Gasteiger partial charge in [0.15, 0.2) is 0 Å². The summed E-state index contributed by atoms with van der Waals surface area (Å²) in [5.74, 6) is 0.828. The van der Waals surface area contributed by atoms with Gasteiger partial charge in [-0.25, -0.2) is 14.5 Å². The molecule has 0 radical (unpaired) electrons. The molecular formula is C16H27N5O2. The number of nitrogens with one attached hydrogen (secondary N) is 2. The van der Waals surface area contributed by atoms with Crippen LogP contribution in [-0.2, 0) is 10.3 Å². The summed E-state index contributed by atoms with van der Waals surface area (Å²) in [5, 5.41) is 9.91. The van der Waals surface area contributed by atoms with E-state index in [-0.39, 0.29) is 17.2 Å². The largest absolute Gasteiger partial charge is 0.375 e. The smallest absolute Gasteiger partial charge is 0.321 e. The SMILES string of the molecule is CC(C)(C)n1cnc(NC(=O)NC[C@H]2CCOC3(CCC3)C2)n1. The lowest BCUT2D eigenvalue weighted by Gasteiger charge is -2.47. The van der Waals surface area contributed by atoms with E-state index < -0.39 is 0 Å². The van der Waals surface area contributed by atoms with Gasteiger partial charge in [-0.2, -0.15) is 0 Å². The van der Waals surface area contributed by atoms with Crippen molar-refractivity contribution < 1.29 is 9.53 Å². The van der Waals surface area contributed by atoms with E-state index >= 15 is 0 Å². The van der Waals surface area contributed by atoms with E-state index in [1.807, 2.05) is 20.8 Å². The highest BCUT2D eigenvalue weighted by atomic mass is 16.5. The standard InChI is InChI=1S/C16H27N5O2/c1-15(2,3)21-11-18-13(20-21)19-14(22)17-10-12-5-8-23-16(9-12)6-4-7-16/h11-12H,4-10H2,1-3H3,(H2,17,19,20,22)/t12-/m0/s1. The van der Waals surface area contributed by atoms with E-state index in [4.69, 9.17) is 4.74 Å². The summed E-state index contributed by atoms with van der Waals surface area (Å²) in [6.45, 7) is 7.59. The molecule has 7 nitrogen and oxygen atoms in total. The molecule has 1 saturated carbocycles. The Morgan fingerprint density at radius 1 is 1.48 bits per heavy atom. The van der Waals surface area contributed by atoms with Crippen LogP contribution < -0.4 is 10.6 Å². The number of ether oxygens (including phenoxy) is 1. The third-order valence-corrected chi connectivity index (χ3v) is 4.82. The van der Waals surface area contributed by atoms with Crippen molar-refractivity contribution in [2.24, 2.45) is 5.92 Å². The van der Waals surface area contributed by atoms with Crippen LogP contribution >= 0.6 is 0 Å². The van der Waals surface area contributed by atoms with Crippen LogP contribution in [0.5, 0.6) is 0 Å². The van der Waals surface area contributed by atoms with E-state index in [9.17, 15) is 4.79 Å². The summed E-state index contributed by atoms with van der Waals surface area (Å²) in [6.07, 6.45) is 7.31. The Hall–Kier alpha value is -1.63. The van der Waals surface area contributed by atoms with Gasteiger partial charge < -0.3 is 10.1 Å². The monoisotopic (exact) mass is 321 g/mol. The second kappa shape index (κ2) is 6.11. The molecule has 0 unspecified atom stereocenters. The van der Waals surface area contributed by atoms with Crippen LogP contribution in [0.1, 0.15) is 52.9 Å². The molecule has 0 aromatic carbocycles. The number of hydrogen-bond donors (Lipinski definition) is 2. The van der Waals surface area contributed by atoms with E-state index in [0.717, 1.165) is 19.4 Å². The molecule has 1 atom stereocenters. The summed E-state index contributed by atoms with van der Waals surface area (Å²) in [5.41, 5.74) is -0.0310. The van der Waals surface area contributed by atoms with Crippen LogP contribution in [0, 0.1) is 5.92 Å². The molecule has 2 N–H and O–H groups in total. The zero-order chi connectivity index (χ0) is 16.5. The lowest BCUT2D eigenvalue weighted by molar-refractivity contribution is -0.142. The number of rotatable bonds is 3. The van der Waals surface area contributed by atoms with Crippen LogP contribution in [0.2, 0.25) is 0 Å². The molecule has 23 heavy (non-hydrogen) atoms. The predicted molar refractivity (Wildman–Crippen MR) is 87.3 cm³/mol. The van der Waals surface area contributed by atoms with E-state index in [0.29, 0.717) is 18.4 Å². The Bertz CT molecular complexity index is 559. The number of anilines is 1. The summed E-state index contributed by atoms with van der Waals surface area (Å²) in [7, 11) is 0. The molecule has 1 aromatic heterocycles. The summed E-state index contributed by atoms with van der Waals surface area (Å²) in [4.78, 5) is 16.1. The first-order valence-electron chi connectivity index (χ1n) is 8.47. The topological polar surface area (TPSA) is 81.1 Å². The normalized spacial score (nSPS) is 23.3. The van der Waals surface area contributed by atoms with Crippen LogP contribution in [0.15, 0.2) is 6.33 Å². The first-order valence-corrected chi connectivity index (χ1v) is 8.47. The molecule has 7 heteroatoms. The molecule has 2 amide bonds. The van der Waals surface area contributed by atoms with E-state index in [1.165, 1.54) is 19.3 Å². The second-order valence-corrected chi connectivity index (χ2v) is 7.76. The zero-order valence-corrected chi connectivity index (χ0v) is 14.3. The van der Waals surface area contributed by atoms with Crippen molar-refractivity contribution in [3.8, 4) is 0 Å². The number of aromatic nitrogens is 3. The van der Waals surface area contributed by atoms with Crippen LogP contribution in [-0.4, -0.2) is 39.5 Å². The summed E-state index contributed by atoms with van der Waals surface area (Å²) < 4.78 is 7.66. The molecule has 1 saturated heterocycles. The van der Waals surface area contributed by atoms with Crippen LogP contribution in [0.25, 0.3) is 0 Å². The third-order valence-electron chi connectivity index (χ3n) is 4.82. The predicted octanol–water partition coefficient (Wildman–Crippen LogP) is 2.50. The zero-order valence-electron chi connectivity index (χ0n) is 14.3. The fraction of sp³-hybridized carbons (Fsp3) is 0.812. The van der Waals surface area contributed by atoms with E-state index in [2.05, 4.69) is 20.7 Å². The molecule has 2 aliphatic rings. The van der Waals surface area contributed by atoms with Crippen molar-refractivity contribution in [2.45, 2.75) is 64.0 Å². The van der Waals surface area contributed by atoms with Crippen molar-refractivity contribution in [1.29, 1.82) is 0 Å². The Morgan fingerprint density at radius 2 is 2.26 bits per heavy atom. The van der Waals surface area contributed by atoms with Crippen molar-refractivity contribution in [3.05, 3.63) is 6.33 Å². The van der Waals surface area contributed by atoms with Gasteiger partial charge in [0.25, 0.3) is 0 Å². The molecule has 128 valence electrons. The molecule has 1 aliphatic heterocycles. The number of urea groups is 1. The lowest BCUT2D eigenvalue weighted by atomic mass is 9.72. The van der Waals surface area contributed by atoms with Gasteiger partial charge in [-0.3, -0.25) is 5.32 Å². The maximum Gasteiger partial charge on any atom is 0.321 e. The van der Waals surface area contributed by atoms with Crippen molar-refractivity contribution >= 4 is 12.0 Å². The van der Waals surface area contributed by atoms with Crippen molar-refractivity contribution in [3.63, 3.8) is 0 Å². The van der Waals surface area contributed by atoms with E-state index in [1.54, 1.807) is 11.0 Å². The minimum absolute atomic E-state index is 0.119. The fourth-order valence-electron chi connectivity index (χ4n) is 3.25. The molecule has 1 spiro atoms. The molecule has 0 bridgehead atoms. The summed E-state index contributed by atoms with van der Waals surface area (Å²) in [6, 6.07) is -0.245. The van der Waals surface area contributed by atoms with Gasteiger partial charge in [0.1, 0.15) is 6.33 Å². The maximum atomic E-state index is 12.0. The minimum Gasteiger partial charge on any atom is -0.375 e. The summed E-state index contributed by atoms with van der Waals surface area (Å²) >= 11 is 0. The Morgan fingerprint density at radius 3 is 2.87 bits per heavy atom. The molecular weight excluding hydrogens is 294 g/mol. The number of nitrogens with zero attached hydrogens (tertiary/aromatic N) is 3. The second-order valence-electron chi connectivity index (χ2n) is 7.76. The molecule has 1 aliphatic carbocycles.